The van der Waals surface area contributed by atoms with Crippen molar-refractivity contribution in [1.82, 2.24) is 24.5 Å². The molecule has 0 bridgehead atoms. The molecule has 6 heteroatoms. The van der Waals surface area contributed by atoms with Crippen molar-refractivity contribution in [1.29, 1.82) is 0 Å². The summed E-state index contributed by atoms with van der Waals surface area (Å²) in [6.45, 7) is 8.80. The molecule has 6 nitrogen and oxygen atoms in total. The largest absolute Gasteiger partial charge is 0.495 e. The highest BCUT2D eigenvalue weighted by Gasteiger charge is 2.14. The standard InChI is InChI=1S/C17H21N5O/c1-11-6-7-16(23-5)15(8-11)21-10-18-19-17(21)9-22-14(4)12(2)13(3)20-22/h6-8,10H,9H2,1-5H3. The minimum atomic E-state index is 0.567. The topological polar surface area (TPSA) is 57.8 Å². The molecule has 3 rings (SSSR count). The molecule has 0 spiro atoms. The maximum Gasteiger partial charge on any atom is 0.159 e. The number of hydrogen-bond acceptors (Lipinski definition) is 4. The summed E-state index contributed by atoms with van der Waals surface area (Å²) in [5.74, 6) is 1.61. The molecule has 0 saturated heterocycles. The fourth-order valence-corrected chi connectivity index (χ4v) is 2.63. The first-order valence-corrected chi connectivity index (χ1v) is 7.55. The number of aromatic nitrogens is 5. The van der Waals surface area contributed by atoms with Crippen LogP contribution in [0.5, 0.6) is 5.75 Å². The summed E-state index contributed by atoms with van der Waals surface area (Å²) in [4.78, 5) is 0. The third-order valence-electron chi connectivity index (χ3n) is 4.25. The Morgan fingerprint density at radius 1 is 1.13 bits per heavy atom. The fraction of sp³-hybridized carbons (Fsp3) is 0.353. The average molecular weight is 311 g/mol. The monoisotopic (exact) mass is 311 g/mol. The minimum absolute atomic E-state index is 0.567. The van der Waals surface area contributed by atoms with Gasteiger partial charge in [-0.15, -0.1) is 10.2 Å². The van der Waals surface area contributed by atoms with Crippen LogP contribution in [0.3, 0.4) is 0 Å². The summed E-state index contributed by atoms with van der Waals surface area (Å²) >= 11 is 0. The number of rotatable bonds is 4. The molecular formula is C17H21N5O. The van der Waals surface area contributed by atoms with Crippen LogP contribution in [0.4, 0.5) is 0 Å². The van der Waals surface area contributed by atoms with Crippen LogP contribution >= 0.6 is 0 Å². The SMILES string of the molecule is COc1ccc(C)cc1-n1cnnc1Cn1nc(C)c(C)c1C. The number of methoxy groups -OCH3 is 1. The van der Waals surface area contributed by atoms with E-state index in [1.165, 1.54) is 5.56 Å². The number of benzene rings is 1. The zero-order valence-corrected chi connectivity index (χ0v) is 14.2. The van der Waals surface area contributed by atoms with Gasteiger partial charge in [0.2, 0.25) is 0 Å². The first-order valence-electron chi connectivity index (χ1n) is 7.55. The summed E-state index contributed by atoms with van der Waals surface area (Å²) in [7, 11) is 1.67. The molecule has 0 N–H and O–H groups in total. The van der Waals surface area contributed by atoms with E-state index in [4.69, 9.17) is 4.74 Å². The Labute approximate surface area is 135 Å². The van der Waals surface area contributed by atoms with Crippen LogP contribution in [-0.4, -0.2) is 31.7 Å². The molecular weight excluding hydrogens is 290 g/mol. The van der Waals surface area contributed by atoms with Crippen LogP contribution in [-0.2, 0) is 6.54 Å². The highest BCUT2D eigenvalue weighted by Crippen LogP contribution is 2.25. The van der Waals surface area contributed by atoms with Crippen molar-refractivity contribution < 1.29 is 4.74 Å². The molecule has 23 heavy (non-hydrogen) atoms. The number of ether oxygens (including phenoxy) is 1. The van der Waals surface area contributed by atoms with Gasteiger partial charge in [-0.3, -0.25) is 9.25 Å². The van der Waals surface area contributed by atoms with Crippen molar-refractivity contribution in [3.05, 3.63) is 52.9 Å². The molecule has 3 aromatic rings. The molecule has 0 fully saturated rings. The van der Waals surface area contributed by atoms with Crippen molar-refractivity contribution in [2.75, 3.05) is 7.11 Å². The summed E-state index contributed by atoms with van der Waals surface area (Å²) in [5.41, 5.74) is 5.49. The zero-order chi connectivity index (χ0) is 16.6. The van der Waals surface area contributed by atoms with Gasteiger partial charge in [0.25, 0.3) is 0 Å². The van der Waals surface area contributed by atoms with Gasteiger partial charge in [0.15, 0.2) is 5.82 Å². The van der Waals surface area contributed by atoms with E-state index >= 15 is 0 Å². The highest BCUT2D eigenvalue weighted by atomic mass is 16.5. The average Bonchev–Trinajstić information content (AvgIpc) is 3.08. The molecule has 0 aliphatic carbocycles. The molecule has 0 aliphatic rings. The molecule has 0 radical (unpaired) electrons. The van der Waals surface area contributed by atoms with Gasteiger partial charge in [0.1, 0.15) is 18.6 Å². The first kappa shape index (κ1) is 15.3. The normalized spacial score (nSPS) is 11.0. The lowest BCUT2D eigenvalue weighted by molar-refractivity contribution is 0.412. The van der Waals surface area contributed by atoms with Crippen LogP contribution in [0.1, 0.15) is 28.3 Å². The number of hydrogen-bond donors (Lipinski definition) is 0. The second-order valence-corrected chi connectivity index (χ2v) is 5.75. The third-order valence-corrected chi connectivity index (χ3v) is 4.25. The molecule has 0 atom stereocenters. The van der Waals surface area contributed by atoms with Crippen molar-refractivity contribution in [2.24, 2.45) is 0 Å². The quantitative estimate of drug-likeness (QED) is 0.743. The van der Waals surface area contributed by atoms with Crippen LogP contribution in [0.2, 0.25) is 0 Å². The lowest BCUT2D eigenvalue weighted by Crippen LogP contribution is -2.10. The Kier molecular flexibility index (Phi) is 3.90. The van der Waals surface area contributed by atoms with Crippen molar-refractivity contribution in [3.63, 3.8) is 0 Å². The van der Waals surface area contributed by atoms with Crippen molar-refractivity contribution >= 4 is 0 Å². The molecule has 0 amide bonds. The molecule has 2 aromatic heterocycles. The van der Waals surface area contributed by atoms with Gasteiger partial charge >= 0.3 is 0 Å². The van der Waals surface area contributed by atoms with Crippen LogP contribution in [0.25, 0.3) is 5.69 Å². The summed E-state index contributed by atoms with van der Waals surface area (Å²) in [6, 6.07) is 6.05. The van der Waals surface area contributed by atoms with E-state index in [9.17, 15) is 0 Å². The Morgan fingerprint density at radius 3 is 2.57 bits per heavy atom. The summed E-state index contributed by atoms with van der Waals surface area (Å²) in [5, 5.41) is 12.9. The lowest BCUT2D eigenvalue weighted by Gasteiger charge is -2.12. The Morgan fingerprint density at radius 2 is 1.91 bits per heavy atom. The Hall–Kier alpha value is -2.63. The molecule has 0 aliphatic heterocycles. The van der Waals surface area contributed by atoms with Crippen molar-refractivity contribution in [2.45, 2.75) is 34.2 Å². The van der Waals surface area contributed by atoms with E-state index < -0.39 is 0 Å². The molecule has 0 saturated carbocycles. The maximum atomic E-state index is 5.48. The predicted molar refractivity (Wildman–Crippen MR) is 88.2 cm³/mol. The van der Waals surface area contributed by atoms with E-state index in [1.807, 2.05) is 28.3 Å². The number of nitrogens with zero attached hydrogens (tertiary/aromatic N) is 5. The smallest absolute Gasteiger partial charge is 0.159 e. The van der Waals surface area contributed by atoms with Gasteiger partial charge in [-0.1, -0.05) is 6.07 Å². The zero-order valence-electron chi connectivity index (χ0n) is 14.2. The number of aryl methyl sites for hydroxylation is 2. The van der Waals surface area contributed by atoms with E-state index in [2.05, 4.69) is 42.1 Å². The van der Waals surface area contributed by atoms with Gasteiger partial charge in [-0.2, -0.15) is 5.10 Å². The third kappa shape index (κ3) is 2.72. The predicted octanol–water partition coefficient (Wildman–Crippen LogP) is 2.75. The van der Waals surface area contributed by atoms with Gasteiger partial charge in [0.05, 0.1) is 18.5 Å². The summed E-state index contributed by atoms with van der Waals surface area (Å²) < 4.78 is 9.40. The molecule has 2 heterocycles. The first-order chi connectivity index (χ1) is 11.0. The Bertz CT molecular complexity index is 847. The minimum Gasteiger partial charge on any atom is -0.495 e. The van der Waals surface area contributed by atoms with Gasteiger partial charge in [-0.05, 0) is 51.0 Å². The molecule has 1 aromatic carbocycles. The van der Waals surface area contributed by atoms with Gasteiger partial charge < -0.3 is 4.74 Å². The van der Waals surface area contributed by atoms with Crippen LogP contribution < -0.4 is 4.74 Å². The van der Waals surface area contributed by atoms with Crippen LogP contribution in [0.15, 0.2) is 24.5 Å². The molecule has 0 unspecified atom stereocenters. The maximum absolute atomic E-state index is 5.48. The van der Waals surface area contributed by atoms with Gasteiger partial charge in [-0.25, -0.2) is 0 Å². The highest BCUT2D eigenvalue weighted by molar-refractivity contribution is 5.49. The second kappa shape index (κ2) is 5.87. The van der Waals surface area contributed by atoms with E-state index in [0.29, 0.717) is 6.54 Å². The summed E-state index contributed by atoms with van der Waals surface area (Å²) in [6.07, 6.45) is 1.71. The van der Waals surface area contributed by atoms with E-state index in [1.54, 1.807) is 13.4 Å². The Balaban J connectivity index is 2.03. The fourth-order valence-electron chi connectivity index (χ4n) is 2.63. The van der Waals surface area contributed by atoms with Crippen molar-refractivity contribution in [3.8, 4) is 11.4 Å². The van der Waals surface area contributed by atoms with E-state index in [-0.39, 0.29) is 0 Å². The van der Waals surface area contributed by atoms with E-state index in [0.717, 1.165) is 34.2 Å². The second-order valence-electron chi connectivity index (χ2n) is 5.75. The van der Waals surface area contributed by atoms with Gasteiger partial charge in [0, 0.05) is 5.69 Å². The van der Waals surface area contributed by atoms with Crippen LogP contribution in [0, 0.1) is 27.7 Å². The lowest BCUT2D eigenvalue weighted by atomic mass is 10.2. The molecule has 120 valence electrons.